The molecule has 0 amide bonds. The number of hydrogen-bond donors (Lipinski definition) is 2. The van der Waals surface area contributed by atoms with Crippen molar-refractivity contribution >= 4 is 0 Å². The second-order valence-corrected chi connectivity index (χ2v) is 4.86. The second-order valence-electron chi connectivity index (χ2n) is 4.86. The second kappa shape index (κ2) is 6.12. The maximum absolute atomic E-state index is 9.67. The van der Waals surface area contributed by atoms with Crippen molar-refractivity contribution in [1.82, 2.24) is 20.3 Å². The minimum absolute atomic E-state index is 0.476. The van der Waals surface area contributed by atoms with Gasteiger partial charge in [0.05, 0.1) is 12.3 Å². The molecule has 1 fully saturated rings. The van der Waals surface area contributed by atoms with E-state index in [1.807, 2.05) is 17.8 Å². The standard InChI is InChI=1S/C12H22N4O/c1-2-12(17)11-9-16(15-14-11)8-10-5-3-4-6-13-7-10/h9-10,12-13,17H,2-8H2,1H3. The molecule has 1 saturated heterocycles. The molecule has 0 saturated carbocycles. The molecule has 5 heteroatoms. The molecule has 0 aliphatic carbocycles. The maximum atomic E-state index is 9.67. The molecule has 2 unspecified atom stereocenters. The number of aliphatic hydroxyl groups is 1. The third kappa shape index (κ3) is 3.51. The first-order valence-corrected chi connectivity index (χ1v) is 6.58. The summed E-state index contributed by atoms with van der Waals surface area (Å²) in [5.74, 6) is 0.630. The largest absolute Gasteiger partial charge is 0.387 e. The number of rotatable bonds is 4. The highest BCUT2D eigenvalue weighted by Crippen LogP contribution is 2.15. The normalized spacial score (nSPS) is 23.3. The molecule has 17 heavy (non-hydrogen) atoms. The molecule has 2 rings (SSSR count). The van der Waals surface area contributed by atoms with E-state index < -0.39 is 6.10 Å². The van der Waals surface area contributed by atoms with E-state index in [0.717, 1.165) is 19.6 Å². The average molecular weight is 238 g/mol. The Bertz CT molecular complexity index is 331. The first kappa shape index (κ1) is 12.5. The summed E-state index contributed by atoms with van der Waals surface area (Å²) >= 11 is 0. The highest BCUT2D eigenvalue weighted by Gasteiger charge is 2.15. The van der Waals surface area contributed by atoms with Crippen LogP contribution in [-0.2, 0) is 6.54 Å². The van der Waals surface area contributed by atoms with Gasteiger partial charge in [-0.3, -0.25) is 4.68 Å². The molecule has 1 aliphatic rings. The van der Waals surface area contributed by atoms with E-state index in [4.69, 9.17) is 0 Å². The Balaban J connectivity index is 1.91. The first-order valence-electron chi connectivity index (χ1n) is 6.58. The van der Waals surface area contributed by atoms with Crippen LogP contribution < -0.4 is 5.32 Å². The minimum atomic E-state index is -0.476. The van der Waals surface area contributed by atoms with Gasteiger partial charge in [-0.25, -0.2) is 0 Å². The number of aromatic nitrogens is 3. The number of nitrogens with one attached hydrogen (secondary N) is 1. The summed E-state index contributed by atoms with van der Waals surface area (Å²) < 4.78 is 1.87. The van der Waals surface area contributed by atoms with Crippen LogP contribution in [0.4, 0.5) is 0 Å². The molecule has 0 radical (unpaired) electrons. The zero-order valence-corrected chi connectivity index (χ0v) is 10.5. The number of aliphatic hydroxyl groups excluding tert-OH is 1. The Labute approximate surface area is 102 Å². The van der Waals surface area contributed by atoms with Gasteiger partial charge in [0.15, 0.2) is 0 Å². The van der Waals surface area contributed by atoms with Crippen LogP contribution in [-0.4, -0.2) is 33.2 Å². The van der Waals surface area contributed by atoms with E-state index in [0.29, 0.717) is 18.0 Å². The van der Waals surface area contributed by atoms with Crippen molar-refractivity contribution in [3.05, 3.63) is 11.9 Å². The molecule has 1 aromatic heterocycles. The molecule has 1 aliphatic heterocycles. The first-order chi connectivity index (χ1) is 8.29. The van der Waals surface area contributed by atoms with Crippen LogP contribution in [0.3, 0.4) is 0 Å². The third-order valence-corrected chi connectivity index (χ3v) is 3.38. The highest BCUT2D eigenvalue weighted by atomic mass is 16.3. The topological polar surface area (TPSA) is 63.0 Å². The Morgan fingerprint density at radius 1 is 1.59 bits per heavy atom. The maximum Gasteiger partial charge on any atom is 0.111 e. The Hall–Kier alpha value is -0.940. The fraction of sp³-hybridized carbons (Fsp3) is 0.833. The van der Waals surface area contributed by atoms with Crippen molar-refractivity contribution in [3.8, 4) is 0 Å². The van der Waals surface area contributed by atoms with E-state index in [2.05, 4.69) is 15.6 Å². The van der Waals surface area contributed by atoms with Crippen LogP contribution in [0.25, 0.3) is 0 Å². The molecule has 96 valence electrons. The highest BCUT2D eigenvalue weighted by molar-refractivity contribution is 4.96. The summed E-state index contributed by atoms with van der Waals surface area (Å²) in [6.07, 6.45) is 5.89. The van der Waals surface area contributed by atoms with Crippen LogP contribution in [0.1, 0.15) is 44.4 Å². The predicted octanol–water partition coefficient (Wildman–Crippen LogP) is 1.11. The van der Waals surface area contributed by atoms with Crippen LogP contribution in [0.5, 0.6) is 0 Å². The van der Waals surface area contributed by atoms with Crippen molar-refractivity contribution in [2.45, 2.75) is 45.3 Å². The SMILES string of the molecule is CCC(O)c1cn(CC2CCCCNC2)nn1. The van der Waals surface area contributed by atoms with Crippen LogP contribution in [0.15, 0.2) is 6.20 Å². The predicted molar refractivity (Wildman–Crippen MR) is 65.5 cm³/mol. The zero-order valence-electron chi connectivity index (χ0n) is 10.5. The number of hydrogen-bond acceptors (Lipinski definition) is 4. The fourth-order valence-electron chi connectivity index (χ4n) is 2.28. The molecule has 2 heterocycles. The van der Waals surface area contributed by atoms with Gasteiger partial charge < -0.3 is 10.4 Å². The zero-order chi connectivity index (χ0) is 12.1. The van der Waals surface area contributed by atoms with Gasteiger partial charge in [0.25, 0.3) is 0 Å². The monoisotopic (exact) mass is 238 g/mol. The van der Waals surface area contributed by atoms with E-state index in [1.165, 1.54) is 19.3 Å². The quantitative estimate of drug-likeness (QED) is 0.825. The van der Waals surface area contributed by atoms with Crippen LogP contribution in [0.2, 0.25) is 0 Å². The molecule has 0 spiro atoms. The van der Waals surface area contributed by atoms with E-state index in [-0.39, 0.29) is 0 Å². The molecule has 1 aromatic rings. The number of nitrogens with zero attached hydrogens (tertiary/aromatic N) is 3. The lowest BCUT2D eigenvalue weighted by molar-refractivity contribution is 0.168. The summed E-state index contributed by atoms with van der Waals surface area (Å²) in [5.41, 5.74) is 0.689. The molecular formula is C12H22N4O. The van der Waals surface area contributed by atoms with Gasteiger partial charge in [-0.15, -0.1) is 5.10 Å². The van der Waals surface area contributed by atoms with Gasteiger partial charge in [0.2, 0.25) is 0 Å². The molecular weight excluding hydrogens is 216 g/mol. The van der Waals surface area contributed by atoms with Gasteiger partial charge >= 0.3 is 0 Å². The lowest BCUT2D eigenvalue weighted by Crippen LogP contribution is -2.24. The molecule has 5 nitrogen and oxygen atoms in total. The van der Waals surface area contributed by atoms with Gasteiger partial charge in [0, 0.05) is 6.54 Å². The minimum Gasteiger partial charge on any atom is -0.387 e. The van der Waals surface area contributed by atoms with Gasteiger partial charge in [0.1, 0.15) is 5.69 Å². The lowest BCUT2D eigenvalue weighted by atomic mass is 10.0. The smallest absolute Gasteiger partial charge is 0.111 e. The van der Waals surface area contributed by atoms with Crippen molar-refractivity contribution in [3.63, 3.8) is 0 Å². The summed E-state index contributed by atoms with van der Waals surface area (Å²) in [5, 5.41) is 21.2. The summed E-state index contributed by atoms with van der Waals surface area (Å²) in [6.45, 7) is 5.04. The molecule has 2 N–H and O–H groups in total. The van der Waals surface area contributed by atoms with E-state index in [9.17, 15) is 5.11 Å². The fourth-order valence-corrected chi connectivity index (χ4v) is 2.28. The van der Waals surface area contributed by atoms with Crippen LogP contribution >= 0.6 is 0 Å². The molecule has 2 atom stereocenters. The van der Waals surface area contributed by atoms with Crippen molar-refractivity contribution < 1.29 is 5.11 Å². The van der Waals surface area contributed by atoms with E-state index >= 15 is 0 Å². The van der Waals surface area contributed by atoms with Crippen molar-refractivity contribution in [2.24, 2.45) is 5.92 Å². The summed E-state index contributed by atoms with van der Waals surface area (Å²) in [6, 6.07) is 0. The van der Waals surface area contributed by atoms with Gasteiger partial charge in [-0.1, -0.05) is 18.6 Å². The molecule has 0 bridgehead atoms. The van der Waals surface area contributed by atoms with Gasteiger partial charge in [-0.2, -0.15) is 0 Å². The summed E-state index contributed by atoms with van der Waals surface area (Å²) in [4.78, 5) is 0. The average Bonchev–Trinajstić information content (AvgIpc) is 2.65. The lowest BCUT2D eigenvalue weighted by Gasteiger charge is -2.13. The third-order valence-electron chi connectivity index (χ3n) is 3.38. The Morgan fingerprint density at radius 2 is 2.47 bits per heavy atom. The Morgan fingerprint density at radius 3 is 3.29 bits per heavy atom. The Kier molecular flexibility index (Phi) is 4.50. The van der Waals surface area contributed by atoms with E-state index in [1.54, 1.807) is 0 Å². The van der Waals surface area contributed by atoms with Crippen molar-refractivity contribution in [2.75, 3.05) is 13.1 Å². The molecule has 0 aromatic carbocycles. The summed E-state index contributed by atoms with van der Waals surface area (Å²) in [7, 11) is 0. The van der Waals surface area contributed by atoms with Gasteiger partial charge in [-0.05, 0) is 38.3 Å². The van der Waals surface area contributed by atoms with Crippen LogP contribution in [0, 0.1) is 5.92 Å². The van der Waals surface area contributed by atoms with Crippen molar-refractivity contribution in [1.29, 1.82) is 0 Å².